The van der Waals surface area contributed by atoms with E-state index in [4.69, 9.17) is 15.2 Å². The maximum Gasteiger partial charge on any atom is 0.315 e. The summed E-state index contributed by atoms with van der Waals surface area (Å²) in [5, 5.41) is 9.25. The van der Waals surface area contributed by atoms with E-state index in [1.54, 1.807) is 4.90 Å². The van der Waals surface area contributed by atoms with Crippen molar-refractivity contribution in [3.8, 4) is 11.5 Å². The molecule has 3 aromatic carbocycles. The Bertz CT molecular complexity index is 2070. The molecule has 3 aliphatic carbocycles. The third-order valence-electron chi connectivity index (χ3n) is 13.5. The van der Waals surface area contributed by atoms with Crippen LogP contribution in [0.5, 0.6) is 11.5 Å². The van der Waals surface area contributed by atoms with Gasteiger partial charge in [0, 0.05) is 12.1 Å². The number of Topliss-reactive ketones (excluding diaryl/α,β-unsaturated/α-hetero) is 1. The van der Waals surface area contributed by atoms with Crippen LogP contribution in [0, 0.1) is 28.6 Å². The fourth-order valence-corrected chi connectivity index (χ4v) is 9.71. The summed E-state index contributed by atoms with van der Waals surface area (Å²) in [7, 11) is 0. The molecule has 5 N–H and O–H groups in total. The highest BCUT2D eigenvalue weighted by Crippen LogP contribution is 2.65. The van der Waals surface area contributed by atoms with Crippen molar-refractivity contribution in [3.63, 3.8) is 0 Å². The number of ketones is 1. The van der Waals surface area contributed by atoms with E-state index in [9.17, 15) is 24.0 Å². The highest BCUT2D eigenvalue weighted by atomic mass is 16.5. The maximum absolute atomic E-state index is 14.7. The zero-order valence-corrected chi connectivity index (χ0v) is 36.3. The van der Waals surface area contributed by atoms with Crippen molar-refractivity contribution >= 4 is 29.5 Å². The molecule has 1 aliphatic heterocycles. The van der Waals surface area contributed by atoms with Crippen molar-refractivity contribution in [2.75, 3.05) is 6.54 Å². The monoisotopic (exact) mass is 833 g/mol. The van der Waals surface area contributed by atoms with E-state index in [-0.39, 0.29) is 29.1 Å². The molecule has 1 saturated heterocycles. The Morgan fingerprint density at radius 1 is 0.803 bits per heavy atom. The van der Waals surface area contributed by atoms with E-state index in [0.29, 0.717) is 44.1 Å². The number of urea groups is 1. The summed E-state index contributed by atoms with van der Waals surface area (Å²) in [4.78, 5) is 69.4. The Morgan fingerprint density at radius 2 is 1.41 bits per heavy atom. The molecule has 5 atom stereocenters. The predicted octanol–water partition coefficient (Wildman–Crippen LogP) is 6.63. The van der Waals surface area contributed by atoms with Crippen molar-refractivity contribution in [1.82, 2.24) is 20.9 Å². The molecule has 3 saturated carbocycles. The van der Waals surface area contributed by atoms with Gasteiger partial charge in [-0.1, -0.05) is 133 Å². The van der Waals surface area contributed by atoms with Gasteiger partial charge in [0.05, 0.1) is 6.04 Å². The largest absolute Gasteiger partial charge is 0.485 e. The molecule has 12 heteroatoms. The topological polar surface area (TPSA) is 169 Å². The fourth-order valence-electron chi connectivity index (χ4n) is 9.71. The lowest BCUT2D eigenvalue weighted by molar-refractivity contribution is -0.145. The molecule has 61 heavy (non-hydrogen) atoms. The standard InChI is InChI=1S/C49H63N5O7/c1-47(2,3)42(45(58)54-28-35-39(48(35,4)5)40(54)44(57)51-36(25-31-19-20-31)41(55)43(50)56)52-46(59)53-49(23-13-8-14-24-49)27-34-21-22-37(60-29-32-15-9-6-10-16-32)38(26-34)61-30-33-17-11-7-12-18-33/h6-7,9-12,15-18,21-22,26,31,35-36,39-40,42H,8,13-14,19-20,23-25,27-30H2,1-5H3,(H2,50,56)(H,51,57)(H2,52,53,59)/t35-,36?,39-,40-,42+/m0/s1. The van der Waals surface area contributed by atoms with Gasteiger partial charge in [-0.05, 0) is 83.1 Å². The smallest absolute Gasteiger partial charge is 0.315 e. The van der Waals surface area contributed by atoms with E-state index >= 15 is 0 Å². The van der Waals surface area contributed by atoms with Crippen LogP contribution in [0.2, 0.25) is 0 Å². The molecule has 326 valence electrons. The van der Waals surface area contributed by atoms with Crippen LogP contribution in [-0.2, 0) is 38.8 Å². The summed E-state index contributed by atoms with van der Waals surface area (Å²) in [5.74, 6) is -1.28. The molecular formula is C49H63N5O7. The predicted molar refractivity (Wildman–Crippen MR) is 232 cm³/mol. The van der Waals surface area contributed by atoms with Gasteiger partial charge in [0.1, 0.15) is 25.3 Å². The Kier molecular flexibility index (Phi) is 12.8. The number of piperidine rings is 1. The number of likely N-dealkylation sites (tertiary alicyclic amines) is 1. The van der Waals surface area contributed by atoms with Gasteiger partial charge in [0.25, 0.3) is 5.91 Å². The highest BCUT2D eigenvalue weighted by molar-refractivity contribution is 6.37. The number of ether oxygens (including phenoxy) is 2. The lowest BCUT2D eigenvalue weighted by Crippen LogP contribution is -2.63. The van der Waals surface area contributed by atoms with Gasteiger partial charge < -0.3 is 36.1 Å². The number of hydrogen-bond donors (Lipinski definition) is 4. The molecule has 0 spiro atoms. The highest BCUT2D eigenvalue weighted by Gasteiger charge is 2.70. The first-order valence-corrected chi connectivity index (χ1v) is 22.0. The molecule has 12 nitrogen and oxygen atoms in total. The number of nitrogens with one attached hydrogen (secondary N) is 3. The van der Waals surface area contributed by atoms with Crippen LogP contribution >= 0.6 is 0 Å². The Labute approximate surface area is 360 Å². The summed E-state index contributed by atoms with van der Waals surface area (Å²) in [6.07, 6.45) is 7.22. The molecular weight excluding hydrogens is 771 g/mol. The maximum atomic E-state index is 14.7. The molecule has 5 amide bonds. The first-order valence-electron chi connectivity index (χ1n) is 22.0. The number of hydrogen-bond acceptors (Lipinski definition) is 7. The molecule has 7 rings (SSSR count). The van der Waals surface area contributed by atoms with Crippen molar-refractivity contribution < 1.29 is 33.4 Å². The van der Waals surface area contributed by atoms with Crippen LogP contribution in [0.4, 0.5) is 4.79 Å². The molecule has 0 radical (unpaired) electrons. The van der Waals surface area contributed by atoms with E-state index in [1.165, 1.54) is 0 Å². The van der Waals surface area contributed by atoms with Crippen LogP contribution in [-0.4, -0.2) is 64.6 Å². The van der Waals surface area contributed by atoms with E-state index in [2.05, 4.69) is 29.8 Å². The lowest BCUT2D eigenvalue weighted by atomic mass is 9.77. The third kappa shape index (κ3) is 10.4. The third-order valence-corrected chi connectivity index (χ3v) is 13.5. The Morgan fingerprint density at radius 3 is 1.98 bits per heavy atom. The normalized spacial score (nSPS) is 22.2. The summed E-state index contributed by atoms with van der Waals surface area (Å²) in [6, 6.07) is 22.7. The second kappa shape index (κ2) is 17.9. The second-order valence-corrected chi connectivity index (χ2v) is 19.6. The van der Waals surface area contributed by atoms with Crippen molar-refractivity contribution in [2.45, 2.75) is 129 Å². The van der Waals surface area contributed by atoms with Gasteiger partial charge >= 0.3 is 6.03 Å². The minimum atomic E-state index is -1.09. The minimum absolute atomic E-state index is 0.0811. The van der Waals surface area contributed by atoms with Gasteiger partial charge in [0.2, 0.25) is 17.6 Å². The number of carbonyl (C=O) groups is 5. The zero-order chi connectivity index (χ0) is 43.5. The summed E-state index contributed by atoms with van der Waals surface area (Å²) < 4.78 is 12.7. The SMILES string of the molecule is CC(C)(C)[C@H](NC(=O)NC1(Cc2ccc(OCc3ccccc3)c(OCc3ccccc3)c2)CCCCC1)C(=O)N1C[C@H]2[C@@H]([C@H]1C(=O)NC(CC1CC1)C(=O)C(N)=O)C2(C)C. The van der Waals surface area contributed by atoms with Crippen molar-refractivity contribution in [2.24, 2.45) is 34.3 Å². The number of fused-ring (bicyclic) bond motifs is 1. The Balaban J connectivity index is 1.08. The van der Waals surface area contributed by atoms with Crippen LogP contribution in [0.25, 0.3) is 0 Å². The second-order valence-electron chi connectivity index (χ2n) is 19.6. The summed E-state index contributed by atoms with van der Waals surface area (Å²) in [5.41, 5.74) is 6.96. The molecule has 4 aliphatic rings. The number of carbonyl (C=O) groups excluding carboxylic acids is 5. The van der Waals surface area contributed by atoms with Crippen LogP contribution in [0.15, 0.2) is 78.9 Å². The number of benzene rings is 3. The quantitative estimate of drug-likeness (QED) is 0.111. The van der Waals surface area contributed by atoms with Gasteiger partial charge in [-0.15, -0.1) is 0 Å². The van der Waals surface area contributed by atoms with Gasteiger partial charge in [0.15, 0.2) is 11.5 Å². The van der Waals surface area contributed by atoms with Gasteiger partial charge in [-0.3, -0.25) is 19.2 Å². The van der Waals surface area contributed by atoms with Crippen LogP contribution in [0.3, 0.4) is 0 Å². The molecule has 1 unspecified atom stereocenters. The van der Waals surface area contributed by atoms with Gasteiger partial charge in [-0.2, -0.15) is 0 Å². The molecule has 0 bridgehead atoms. The van der Waals surface area contributed by atoms with Crippen molar-refractivity contribution in [3.05, 3.63) is 95.6 Å². The van der Waals surface area contributed by atoms with Crippen LogP contribution < -0.4 is 31.2 Å². The van der Waals surface area contributed by atoms with E-state index in [1.807, 2.05) is 99.6 Å². The van der Waals surface area contributed by atoms with Gasteiger partial charge in [-0.25, -0.2) is 4.79 Å². The summed E-state index contributed by atoms with van der Waals surface area (Å²) >= 11 is 0. The van der Waals surface area contributed by atoms with Crippen molar-refractivity contribution in [1.29, 1.82) is 0 Å². The number of nitrogens with two attached hydrogens (primary N) is 1. The van der Waals surface area contributed by atoms with E-state index < -0.39 is 52.7 Å². The molecule has 0 aromatic heterocycles. The lowest BCUT2D eigenvalue weighted by Gasteiger charge is -2.41. The number of rotatable bonds is 17. The average Bonchev–Trinajstić information content (AvgIpc) is 4.09. The number of primary amides is 1. The van der Waals surface area contributed by atoms with E-state index in [0.717, 1.165) is 61.6 Å². The number of amides is 5. The molecule has 1 heterocycles. The molecule has 4 fully saturated rings. The first-order chi connectivity index (χ1) is 29.0. The summed E-state index contributed by atoms with van der Waals surface area (Å²) in [6.45, 7) is 11.0. The number of nitrogens with zero attached hydrogens (tertiary/aromatic N) is 1. The molecule has 3 aromatic rings. The average molecular weight is 834 g/mol. The Hall–Kier alpha value is -5.39. The van der Waals surface area contributed by atoms with Crippen LogP contribution in [0.1, 0.15) is 103 Å². The zero-order valence-electron chi connectivity index (χ0n) is 36.3. The minimum Gasteiger partial charge on any atom is -0.485 e. The fraction of sp³-hybridized carbons (Fsp3) is 0.531. The first kappa shape index (κ1) is 43.7.